The van der Waals surface area contributed by atoms with Crippen LogP contribution in [0.1, 0.15) is 19.8 Å². The van der Waals surface area contributed by atoms with Crippen molar-refractivity contribution < 1.29 is 19.5 Å². The summed E-state index contributed by atoms with van der Waals surface area (Å²) in [5, 5.41) is 17.7. The van der Waals surface area contributed by atoms with E-state index in [0.29, 0.717) is 19.4 Å². The number of carboxylic acid groups (broad SMARTS) is 1. The van der Waals surface area contributed by atoms with Gasteiger partial charge in [0.2, 0.25) is 0 Å². The second-order valence-corrected chi connectivity index (χ2v) is 3.16. The standard InChI is InChI=1S/C6H14N4O2.C3H4O2/c7-4(5(11)12)2-1-3-10-6(8)9;1-3(5)2-4/h4H,1-3,7H2,(H,11,12)(H4,8,9,10);2H,1H3/t4-;/m0./s1. The number of guanidine groups is 1. The highest BCUT2D eigenvalue weighted by molar-refractivity contribution is 6.23. The highest BCUT2D eigenvalue weighted by Gasteiger charge is 2.09. The lowest BCUT2D eigenvalue weighted by atomic mass is 10.2. The number of aliphatic carboxylic acids is 1. The summed E-state index contributed by atoms with van der Waals surface area (Å²) < 4.78 is 0. The van der Waals surface area contributed by atoms with Crippen LogP contribution in [0.5, 0.6) is 0 Å². The molecule has 0 spiro atoms. The largest absolute Gasteiger partial charge is 0.480 e. The predicted octanol–water partition coefficient (Wildman–Crippen LogP) is -1.56. The summed E-state index contributed by atoms with van der Waals surface area (Å²) in [6, 6.07) is -0.821. The summed E-state index contributed by atoms with van der Waals surface area (Å²) in [6.07, 6.45) is 1.25. The number of aldehydes is 1. The van der Waals surface area contributed by atoms with E-state index in [1.165, 1.54) is 6.92 Å². The van der Waals surface area contributed by atoms with Gasteiger partial charge >= 0.3 is 5.97 Å². The van der Waals surface area contributed by atoms with Crippen LogP contribution in [0.2, 0.25) is 0 Å². The lowest BCUT2D eigenvalue weighted by molar-refractivity contribution is -0.138. The molecule has 0 aliphatic rings. The lowest BCUT2D eigenvalue weighted by Gasteiger charge is -2.06. The quantitative estimate of drug-likeness (QED) is 0.124. The van der Waals surface area contributed by atoms with Crippen LogP contribution in [0.15, 0.2) is 0 Å². The highest BCUT2D eigenvalue weighted by atomic mass is 16.4. The first kappa shape index (κ1) is 17.4. The number of carboxylic acids is 1. The summed E-state index contributed by atoms with van der Waals surface area (Å²) >= 11 is 0. The molecule has 1 atom stereocenters. The Morgan fingerprint density at radius 1 is 1.53 bits per heavy atom. The van der Waals surface area contributed by atoms with E-state index in [0.717, 1.165) is 0 Å². The van der Waals surface area contributed by atoms with Crippen molar-refractivity contribution >= 4 is 24.0 Å². The topological polar surface area (TPSA) is 159 Å². The van der Waals surface area contributed by atoms with E-state index in [1.807, 2.05) is 0 Å². The fraction of sp³-hybridized carbons (Fsp3) is 0.556. The Morgan fingerprint density at radius 3 is 2.29 bits per heavy atom. The minimum atomic E-state index is -1.00. The zero-order valence-electron chi connectivity index (χ0n) is 9.60. The fourth-order valence-electron chi connectivity index (χ4n) is 0.669. The molecule has 98 valence electrons. The van der Waals surface area contributed by atoms with Crippen molar-refractivity contribution in [3.05, 3.63) is 0 Å². The van der Waals surface area contributed by atoms with Crippen molar-refractivity contribution in [2.75, 3.05) is 6.54 Å². The molecule has 0 fully saturated rings. The van der Waals surface area contributed by atoms with E-state index in [2.05, 4.69) is 5.32 Å². The molecule has 8 heteroatoms. The van der Waals surface area contributed by atoms with Crippen LogP contribution in [0.4, 0.5) is 0 Å². The Kier molecular flexibility index (Phi) is 10.8. The molecule has 17 heavy (non-hydrogen) atoms. The molecule has 0 saturated carbocycles. The van der Waals surface area contributed by atoms with Crippen molar-refractivity contribution in [2.45, 2.75) is 25.8 Å². The Bertz CT molecular complexity index is 280. The Morgan fingerprint density at radius 2 is 2.00 bits per heavy atom. The van der Waals surface area contributed by atoms with Gasteiger partial charge in [-0.15, -0.1) is 0 Å². The molecule has 0 heterocycles. The van der Waals surface area contributed by atoms with Crippen LogP contribution in [0.25, 0.3) is 0 Å². The molecule has 0 aromatic carbocycles. The summed E-state index contributed by atoms with van der Waals surface area (Å²) in [7, 11) is 0. The Balaban J connectivity index is 0. The van der Waals surface area contributed by atoms with Gasteiger partial charge in [0.1, 0.15) is 6.04 Å². The molecule has 0 amide bonds. The molecule has 0 aromatic rings. The van der Waals surface area contributed by atoms with Crippen LogP contribution >= 0.6 is 0 Å². The summed E-state index contributed by atoms with van der Waals surface area (Å²) in [5.74, 6) is -1.54. The predicted molar refractivity (Wildman–Crippen MR) is 61.5 cm³/mol. The van der Waals surface area contributed by atoms with Crippen LogP contribution < -0.4 is 16.8 Å². The van der Waals surface area contributed by atoms with Crippen LogP contribution in [-0.2, 0) is 14.4 Å². The number of carbonyl (C=O) groups is 3. The second-order valence-electron chi connectivity index (χ2n) is 3.16. The molecular weight excluding hydrogens is 228 g/mol. The fourth-order valence-corrected chi connectivity index (χ4v) is 0.669. The van der Waals surface area contributed by atoms with Crippen molar-refractivity contribution in [2.24, 2.45) is 11.5 Å². The highest BCUT2D eigenvalue weighted by Crippen LogP contribution is 1.92. The number of hydrogen-bond acceptors (Lipinski definition) is 5. The summed E-state index contributed by atoms with van der Waals surface area (Å²) in [5.41, 5.74) is 10.2. The van der Waals surface area contributed by atoms with Crippen molar-refractivity contribution in [3.8, 4) is 0 Å². The third kappa shape index (κ3) is 16.7. The number of ketones is 1. The van der Waals surface area contributed by atoms with Gasteiger partial charge in [0, 0.05) is 13.5 Å². The van der Waals surface area contributed by atoms with Gasteiger partial charge in [-0.05, 0) is 12.8 Å². The van der Waals surface area contributed by atoms with Gasteiger partial charge in [-0.1, -0.05) is 0 Å². The van der Waals surface area contributed by atoms with Crippen molar-refractivity contribution in [3.63, 3.8) is 0 Å². The molecule has 8 nitrogen and oxygen atoms in total. The number of carbonyl (C=O) groups excluding carboxylic acids is 2. The van der Waals surface area contributed by atoms with E-state index in [9.17, 15) is 9.59 Å². The summed E-state index contributed by atoms with van der Waals surface area (Å²) in [6.45, 7) is 1.70. The molecule has 0 aliphatic carbocycles. The van der Waals surface area contributed by atoms with Crippen LogP contribution in [0, 0.1) is 5.41 Å². The normalized spacial score (nSPS) is 10.5. The third-order valence-corrected chi connectivity index (χ3v) is 1.49. The average Bonchev–Trinajstić information content (AvgIpc) is 2.24. The van der Waals surface area contributed by atoms with E-state index in [4.69, 9.17) is 26.8 Å². The SMILES string of the molecule is CC(=O)C=O.N=C(N)NCCC[C@H](N)C(=O)O. The molecule has 0 saturated heterocycles. The maximum Gasteiger partial charge on any atom is 0.320 e. The van der Waals surface area contributed by atoms with E-state index in [1.54, 1.807) is 0 Å². The van der Waals surface area contributed by atoms with Gasteiger partial charge < -0.3 is 21.9 Å². The molecule has 0 rings (SSSR count). The minimum absolute atomic E-state index is 0.112. The molecule has 7 N–H and O–H groups in total. The smallest absolute Gasteiger partial charge is 0.320 e. The molecule has 0 bridgehead atoms. The number of rotatable bonds is 6. The first-order valence-corrected chi connectivity index (χ1v) is 4.83. The van der Waals surface area contributed by atoms with Gasteiger partial charge in [0.05, 0.1) is 0 Å². The third-order valence-electron chi connectivity index (χ3n) is 1.49. The average molecular weight is 246 g/mol. The second kappa shape index (κ2) is 10.6. The Labute approximate surface area is 98.9 Å². The van der Waals surface area contributed by atoms with Gasteiger partial charge in [0.15, 0.2) is 18.0 Å². The lowest BCUT2D eigenvalue weighted by Crippen LogP contribution is -2.34. The molecule has 0 aromatic heterocycles. The van der Waals surface area contributed by atoms with Crippen LogP contribution in [-0.4, -0.2) is 41.7 Å². The van der Waals surface area contributed by atoms with Crippen molar-refractivity contribution in [1.82, 2.24) is 5.32 Å². The maximum absolute atomic E-state index is 10.2. The number of nitrogens with one attached hydrogen (secondary N) is 2. The van der Waals surface area contributed by atoms with E-state index < -0.39 is 17.8 Å². The molecule has 0 aliphatic heterocycles. The van der Waals surface area contributed by atoms with Gasteiger partial charge in [-0.3, -0.25) is 19.8 Å². The molecular formula is C9H18N4O4. The van der Waals surface area contributed by atoms with Gasteiger partial charge in [0.25, 0.3) is 0 Å². The number of hydrogen-bond donors (Lipinski definition) is 5. The molecule has 0 radical (unpaired) electrons. The minimum Gasteiger partial charge on any atom is -0.480 e. The van der Waals surface area contributed by atoms with Gasteiger partial charge in [-0.2, -0.15) is 0 Å². The monoisotopic (exact) mass is 246 g/mol. The van der Waals surface area contributed by atoms with Crippen LogP contribution in [0.3, 0.4) is 0 Å². The molecule has 0 unspecified atom stereocenters. The first-order chi connectivity index (χ1) is 7.81. The first-order valence-electron chi connectivity index (χ1n) is 4.83. The zero-order chi connectivity index (χ0) is 13.8. The number of Topliss-reactive ketones (excluding diaryl/α,β-unsaturated/α-hetero) is 1. The summed E-state index contributed by atoms with van der Waals surface area (Å²) in [4.78, 5) is 28.8. The zero-order valence-corrected chi connectivity index (χ0v) is 9.60. The Hall–Kier alpha value is -1.96. The van der Waals surface area contributed by atoms with Crippen molar-refractivity contribution in [1.29, 1.82) is 5.41 Å². The van der Waals surface area contributed by atoms with E-state index >= 15 is 0 Å². The van der Waals surface area contributed by atoms with E-state index in [-0.39, 0.29) is 12.2 Å². The number of nitrogens with two attached hydrogens (primary N) is 2. The van der Waals surface area contributed by atoms with Gasteiger partial charge in [-0.25, -0.2) is 0 Å². The maximum atomic E-state index is 10.2.